The van der Waals surface area contributed by atoms with Gasteiger partial charge in [-0.15, -0.1) is 0 Å². The molecule has 108 valence electrons. The normalized spacial score (nSPS) is 12.6. The number of pyridine rings is 1. The number of carbonyl (C=O) groups is 1. The largest absolute Gasteiger partial charge is 0.478 e. The van der Waals surface area contributed by atoms with E-state index in [-0.39, 0.29) is 12.1 Å². The minimum absolute atomic E-state index is 0.0805. The maximum atomic E-state index is 11.3. The van der Waals surface area contributed by atoms with Crippen molar-refractivity contribution in [2.75, 3.05) is 11.9 Å². The molecule has 1 atom stereocenters. The van der Waals surface area contributed by atoms with E-state index in [0.717, 1.165) is 0 Å². The van der Waals surface area contributed by atoms with Crippen LogP contribution in [0.5, 0.6) is 0 Å². The molecule has 7 nitrogen and oxygen atoms in total. The molecular formula is C13H18N4O3. The van der Waals surface area contributed by atoms with E-state index in [9.17, 15) is 15.0 Å². The predicted molar refractivity (Wildman–Crippen MR) is 75.0 cm³/mol. The molecule has 0 fully saturated rings. The second-order valence-corrected chi connectivity index (χ2v) is 4.70. The SMILES string of the molecule is CCC(O)CNc1c(C(=O)O)cnc2c1c(C)nn2C. The van der Waals surface area contributed by atoms with E-state index >= 15 is 0 Å². The van der Waals surface area contributed by atoms with Crippen LogP contribution >= 0.6 is 0 Å². The van der Waals surface area contributed by atoms with E-state index in [2.05, 4.69) is 15.4 Å². The van der Waals surface area contributed by atoms with Crippen molar-refractivity contribution in [2.45, 2.75) is 26.4 Å². The molecule has 0 saturated carbocycles. The molecule has 2 heterocycles. The maximum absolute atomic E-state index is 11.3. The Morgan fingerprint density at radius 2 is 2.25 bits per heavy atom. The smallest absolute Gasteiger partial charge is 0.339 e. The molecular weight excluding hydrogens is 260 g/mol. The highest BCUT2D eigenvalue weighted by Crippen LogP contribution is 2.28. The first kappa shape index (κ1) is 14.3. The third kappa shape index (κ3) is 2.44. The van der Waals surface area contributed by atoms with Gasteiger partial charge in [-0.25, -0.2) is 9.78 Å². The Labute approximate surface area is 116 Å². The van der Waals surface area contributed by atoms with E-state index in [4.69, 9.17) is 0 Å². The van der Waals surface area contributed by atoms with Crippen LogP contribution in [0.4, 0.5) is 5.69 Å². The second kappa shape index (κ2) is 5.46. The van der Waals surface area contributed by atoms with Crippen molar-refractivity contribution in [3.05, 3.63) is 17.5 Å². The van der Waals surface area contributed by atoms with Crippen molar-refractivity contribution in [1.82, 2.24) is 14.8 Å². The van der Waals surface area contributed by atoms with Crippen molar-refractivity contribution < 1.29 is 15.0 Å². The van der Waals surface area contributed by atoms with E-state index < -0.39 is 12.1 Å². The summed E-state index contributed by atoms with van der Waals surface area (Å²) in [6.07, 6.45) is 1.37. The third-order valence-corrected chi connectivity index (χ3v) is 3.24. The van der Waals surface area contributed by atoms with Crippen molar-refractivity contribution in [2.24, 2.45) is 7.05 Å². The molecule has 2 rings (SSSR count). The molecule has 0 saturated heterocycles. The monoisotopic (exact) mass is 278 g/mol. The number of fused-ring (bicyclic) bond motifs is 1. The average molecular weight is 278 g/mol. The van der Waals surface area contributed by atoms with Crippen LogP contribution in [0.1, 0.15) is 29.4 Å². The number of rotatable bonds is 5. The highest BCUT2D eigenvalue weighted by atomic mass is 16.4. The molecule has 0 spiro atoms. The van der Waals surface area contributed by atoms with E-state index in [1.165, 1.54) is 6.20 Å². The molecule has 0 aliphatic heterocycles. The molecule has 2 aromatic heterocycles. The highest BCUT2D eigenvalue weighted by Gasteiger charge is 2.19. The van der Waals surface area contributed by atoms with Gasteiger partial charge in [-0.1, -0.05) is 6.92 Å². The van der Waals surface area contributed by atoms with Crippen LogP contribution in [0.15, 0.2) is 6.20 Å². The summed E-state index contributed by atoms with van der Waals surface area (Å²) in [4.78, 5) is 15.5. The lowest BCUT2D eigenvalue weighted by atomic mass is 10.1. The third-order valence-electron chi connectivity index (χ3n) is 3.24. The lowest BCUT2D eigenvalue weighted by molar-refractivity contribution is 0.0697. The standard InChI is InChI=1S/C13H18N4O3/c1-4-8(18)5-14-11-9(13(19)20)6-15-12-10(11)7(2)16-17(12)3/h6,8,18H,4-5H2,1-3H3,(H,14,15)(H,19,20). The number of nitrogens with zero attached hydrogens (tertiary/aromatic N) is 3. The number of carboxylic acids is 1. The summed E-state index contributed by atoms with van der Waals surface area (Å²) >= 11 is 0. The van der Waals surface area contributed by atoms with Crippen molar-refractivity contribution >= 4 is 22.7 Å². The summed E-state index contributed by atoms with van der Waals surface area (Å²) in [5.41, 5.74) is 1.85. The topological polar surface area (TPSA) is 100 Å². The summed E-state index contributed by atoms with van der Waals surface area (Å²) in [6.45, 7) is 3.95. The van der Waals surface area contributed by atoms with Crippen LogP contribution in [-0.2, 0) is 7.05 Å². The zero-order valence-corrected chi connectivity index (χ0v) is 11.7. The van der Waals surface area contributed by atoms with Gasteiger partial charge in [0.15, 0.2) is 5.65 Å². The van der Waals surface area contributed by atoms with Gasteiger partial charge >= 0.3 is 5.97 Å². The van der Waals surface area contributed by atoms with Crippen LogP contribution in [0, 0.1) is 6.92 Å². The van der Waals surface area contributed by atoms with Gasteiger partial charge in [-0.3, -0.25) is 4.68 Å². The fourth-order valence-electron chi connectivity index (χ4n) is 2.12. The number of aliphatic hydroxyl groups is 1. The number of hydrogen-bond donors (Lipinski definition) is 3. The predicted octanol–water partition coefficient (Wildman–Crippen LogP) is 1.16. The fourth-order valence-corrected chi connectivity index (χ4v) is 2.12. The summed E-state index contributed by atoms with van der Waals surface area (Å²) in [5, 5.41) is 26.9. The van der Waals surface area contributed by atoms with Crippen molar-refractivity contribution in [3.8, 4) is 0 Å². The van der Waals surface area contributed by atoms with Crippen LogP contribution in [0.3, 0.4) is 0 Å². The van der Waals surface area contributed by atoms with Crippen molar-refractivity contribution in [3.63, 3.8) is 0 Å². The molecule has 0 amide bonds. The van der Waals surface area contributed by atoms with Gasteiger partial charge in [0.2, 0.25) is 0 Å². The summed E-state index contributed by atoms with van der Waals surface area (Å²) in [6, 6.07) is 0. The highest BCUT2D eigenvalue weighted by molar-refractivity contribution is 6.04. The minimum atomic E-state index is -1.06. The van der Waals surface area contributed by atoms with E-state index in [1.807, 2.05) is 6.92 Å². The number of carboxylic acid groups (broad SMARTS) is 1. The number of hydrogen-bond acceptors (Lipinski definition) is 5. The van der Waals surface area contributed by atoms with Crippen LogP contribution in [0.2, 0.25) is 0 Å². The van der Waals surface area contributed by atoms with Gasteiger partial charge in [0, 0.05) is 19.8 Å². The Kier molecular flexibility index (Phi) is 3.89. The molecule has 0 radical (unpaired) electrons. The summed E-state index contributed by atoms with van der Waals surface area (Å²) in [5.74, 6) is -1.06. The van der Waals surface area contributed by atoms with Gasteiger partial charge in [-0.2, -0.15) is 5.10 Å². The van der Waals surface area contributed by atoms with E-state index in [0.29, 0.717) is 28.8 Å². The molecule has 0 aromatic carbocycles. The molecule has 2 aromatic rings. The quantitative estimate of drug-likeness (QED) is 0.758. The fraction of sp³-hybridized carbons (Fsp3) is 0.462. The lowest BCUT2D eigenvalue weighted by Crippen LogP contribution is -2.20. The van der Waals surface area contributed by atoms with Crippen LogP contribution in [0.25, 0.3) is 11.0 Å². The van der Waals surface area contributed by atoms with E-state index in [1.54, 1.807) is 18.7 Å². The molecule has 0 aliphatic carbocycles. The minimum Gasteiger partial charge on any atom is -0.478 e. The number of aryl methyl sites for hydroxylation is 2. The number of aromatic nitrogens is 3. The Morgan fingerprint density at radius 1 is 1.55 bits per heavy atom. The molecule has 1 unspecified atom stereocenters. The molecule has 20 heavy (non-hydrogen) atoms. The van der Waals surface area contributed by atoms with Gasteiger partial charge in [0.25, 0.3) is 0 Å². The Morgan fingerprint density at radius 3 is 2.85 bits per heavy atom. The van der Waals surface area contributed by atoms with Gasteiger partial charge < -0.3 is 15.5 Å². The van der Waals surface area contributed by atoms with Gasteiger partial charge in [-0.05, 0) is 13.3 Å². The lowest BCUT2D eigenvalue weighted by Gasteiger charge is -2.14. The van der Waals surface area contributed by atoms with Crippen LogP contribution < -0.4 is 5.32 Å². The van der Waals surface area contributed by atoms with Gasteiger partial charge in [0.1, 0.15) is 5.56 Å². The molecule has 0 aliphatic rings. The number of nitrogens with one attached hydrogen (secondary N) is 1. The summed E-state index contributed by atoms with van der Waals surface area (Å²) in [7, 11) is 1.76. The molecule has 3 N–H and O–H groups in total. The van der Waals surface area contributed by atoms with Crippen molar-refractivity contribution in [1.29, 1.82) is 0 Å². The summed E-state index contributed by atoms with van der Waals surface area (Å²) < 4.78 is 1.61. The molecule has 7 heteroatoms. The Hall–Kier alpha value is -2.15. The Balaban J connectivity index is 2.56. The second-order valence-electron chi connectivity index (χ2n) is 4.70. The number of anilines is 1. The first-order chi connectivity index (χ1) is 9.45. The first-order valence-corrected chi connectivity index (χ1v) is 6.43. The van der Waals surface area contributed by atoms with Crippen LogP contribution in [-0.4, -0.2) is 43.6 Å². The van der Waals surface area contributed by atoms with Gasteiger partial charge in [0.05, 0.1) is 22.9 Å². The number of aromatic carboxylic acids is 1. The number of aliphatic hydroxyl groups excluding tert-OH is 1. The molecule has 0 bridgehead atoms. The first-order valence-electron chi connectivity index (χ1n) is 6.43. The average Bonchev–Trinajstić information content (AvgIpc) is 2.70. The zero-order valence-electron chi connectivity index (χ0n) is 11.7. The maximum Gasteiger partial charge on any atom is 0.339 e. The Bertz CT molecular complexity index is 651. The zero-order chi connectivity index (χ0) is 14.9.